The Bertz CT molecular complexity index is 705. The van der Waals surface area contributed by atoms with Crippen LogP contribution in [0.4, 0.5) is 4.39 Å². The number of carbonyl (C=O) groups is 2. The molecule has 1 atom stereocenters. The van der Waals surface area contributed by atoms with Crippen molar-refractivity contribution in [2.75, 3.05) is 18.1 Å². The lowest BCUT2D eigenvalue weighted by Crippen LogP contribution is -2.46. The minimum absolute atomic E-state index is 0.0141. The Labute approximate surface area is 134 Å². The van der Waals surface area contributed by atoms with E-state index in [0.717, 1.165) is 0 Å². The van der Waals surface area contributed by atoms with Gasteiger partial charge in [-0.1, -0.05) is 18.2 Å². The molecule has 1 unspecified atom stereocenters. The largest absolute Gasteiger partial charge is 0.350 e. The van der Waals surface area contributed by atoms with Gasteiger partial charge in [-0.15, -0.1) is 0 Å². The Balaban J connectivity index is 1.94. The van der Waals surface area contributed by atoms with Crippen molar-refractivity contribution in [1.82, 2.24) is 10.2 Å². The van der Waals surface area contributed by atoms with Gasteiger partial charge in [0.1, 0.15) is 5.82 Å². The Morgan fingerprint density at radius 3 is 2.61 bits per heavy atom. The van der Waals surface area contributed by atoms with Gasteiger partial charge in [-0.2, -0.15) is 0 Å². The summed E-state index contributed by atoms with van der Waals surface area (Å²) in [6.07, 6.45) is 0.336. The van der Waals surface area contributed by atoms with Crippen LogP contribution in [0.3, 0.4) is 0 Å². The van der Waals surface area contributed by atoms with Crippen LogP contribution >= 0.6 is 0 Å². The van der Waals surface area contributed by atoms with Gasteiger partial charge in [0.25, 0.3) is 0 Å². The molecule has 126 valence electrons. The van der Waals surface area contributed by atoms with E-state index >= 15 is 0 Å². The highest BCUT2D eigenvalue weighted by Gasteiger charge is 2.34. The number of sulfone groups is 1. The van der Waals surface area contributed by atoms with E-state index in [9.17, 15) is 22.4 Å². The fourth-order valence-electron chi connectivity index (χ4n) is 2.56. The fourth-order valence-corrected chi connectivity index (χ4v) is 4.30. The summed E-state index contributed by atoms with van der Waals surface area (Å²) in [6.45, 7) is 1.08. The molecule has 1 aliphatic rings. The molecule has 8 heteroatoms. The van der Waals surface area contributed by atoms with E-state index < -0.39 is 27.6 Å². The molecule has 0 radical (unpaired) electrons. The van der Waals surface area contributed by atoms with E-state index in [-0.39, 0.29) is 30.5 Å². The van der Waals surface area contributed by atoms with Gasteiger partial charge < -0.3 is 10.2 Å². The molecular formula is C15H19FN2O4S. The van der Waals surface area contributed by atoms with Crippen molar-refractivity contribution >= 4 is 21.7 Å². The van der Waals surface area contributed by atoms with Gasteiger partial charge in [0.2, 0.25) is 11.8 Å². The predicted molar refractivity (Wildman–Crippen MR) is 82.7 cm³/mol. The van der Waals surface area contributed by atoms with Gasteiger partial charge in [0.05, 0.1) is 18.1 Å². The van der Waals surface area contributed by atoms with E-state index in [1.165, 1.54) is 17.9 Å². The van der Waals surface area contributed by atoms with E-state index in [4.69, 9.17) is 0 Å². The first-order chi connectivity index (χ1) is 10.8. The first-order valence-electron chi connectivity index (χ1n) is 7.26. The number of nitrogens with one attached hydrogen (secondary N) is 1. The molecule has 0 spiro atoms. The van der Waals surface area contributed by atoms with Gasteiger partial charge in [0.15, 0.2) is 9.84 Å². The van der Waals surface area contributed by atoms with Crippen LogP contribution in [0.25, 0.3) is 0 Å². The van der Waals surface area contributed by atoms with E-state index in [0.29, 0.717) is 12.0 Å². The summed E-state index contributed by atoms with van der Waals surface area (Å²) in [5.41, 5.74) is 0.346. The second kappa shape index (κ2) is 7.08. The lowest BCUT2D eigenvalue weighted by Gasteiger charge is -2.26. The number of benzene rings is 1. The molecule has 1 heterocycles. The molecule has 0 aromatic heterocycles. The highest BCUT2D eigenvalue weighted by atomic mass is 32.2. The molecule has 23 heavy (non-hydrogen) atoms. The highest BCUT2D eigenvalue weighted by molar-refractivity contribution is 7.91. The van der Waals surface area contributed by atoms with Crippen molar-refractivity contribution in [3.05, 3.63) is 35.6 Å². The van der Waals surface area contributed by atoms with Crippen LogP contribution in [0.15, 0.2) is 24.3 Å². The second-order valence-electron chi connectivity index (χ2n) is 5.57. The van der Waals surface area contributed by atoms with Gasteiger partial charge in [-0.3, -0.25) is 9.59 Å². The summed E-state index contributed by atoms with van der Waals surface area (Å²) in [5.74, 6) is -1.31. The van der Waals surface area contributed by atoms with Crippen molar-refractivity contribution in [2.45, 2.75) is 25.9 Å². The summed E-state index contributed by atoms with van der Waals surface area (Å²) in [5, 5.41) is 2.55. The molecule has 6 nitrogen and oxygen atoms in total. The van der Waals surface area contributed by atoms with Gasteiger partial charge >= 0.3 is 0 Å². The zero-order chi connectivity index (χ0) is 17.0. The van der Waals surface area contributed by atoms with Crippen LogP contribution in [-0.2, 0) is 26.0 Å². The summed E-state index contributed by atoms with van der Waals surface area (Å²) >= 11 is 0. The molecule has 2 rings (SSSR count). The Morgan fingerprint density at radius 1 is 1.35 bits per heavy atom. The average molecular weight is 342 g/mol. The molecule has 1 N–H and O–H groups in total. The molecule has 1 fully saturated rings. The number of hydrogen-bond acceptors (Lipinski definition) is 4. The van der Waals surface area contributed by atoms with Crippen LogP contribution in [0.2, 0.25) is 0 Å². The van der Waals surface area contributed by atoms with Crippen LogP contribution in [0, 0.1) is 5.82 Å². The standard InChI is InChI=1S/C15H19FN2O4S/c1-11(19)18(13-6-7-23(21,22)10-13)9-15(20)17-8-12-4-2-3-5-14(12)16/h2-5,13H,6-10H2,1H3,(H,17,20). The normalized spacial score (nSPS) is 19.3. The van der Waals surface area contributed by atoms with Gasteiger partial charge in [-0.05, 0) is 12.5 Å². The van der Waals surface area contributed by atoms with Crippen molar-refractivity contribution < 1.29 is 22.4 Å². The van der Waals surface area contributed by atoms with Crippen LogP contribution in [0.5, 0.6) is 0 Å². The minimum Gasteiger partial charge on any atom is -0.350 e. The van der Waals surface area contributed by atoms with Crippen molar-refractivity contribution in [1.29, 1.82) is 0 Å². The summed E-state index contributed by atoms with van der Waals surface area (Å²) in [4.78, 5) is 24.9. The molecule has 1 saturated heterocycles. The van der Waals surface area contributed by atoms with E-state index in [2.05, 4.69) is 5.32 Å². The number of nitrogens with zero attached hydrogens (tertiary/aromatic N) is 1. The number of rotatable bonds is 5. The zero-order valence-electron chi connectivity index (χ0n) is 12.8. The molecule has 2 amide bonds. The predicted octanol–water partition coefficient (Wildman–Crippen LogP) is 0.478. The minimum atomic E-state index is -3.15. The SMILES string of the molecule is CC(=O)N(CC(=O)NCc1ccccc1F)C1CCS(=O)(=O)C1. The maximum atomic E-state index is 13.5. The first-order valence-corrected chi connectivity index (χ1v) is 9.08. The number of carbonyl (C=O) groups excluding carboxylic acids is 2. The molecule has 0 saturated carbocycles. The van der Waals surface area contributed by atoms with Crippen LogP contribution in [-0.4, -0.2) is 49.2 Å². The quantitative estimate of drug-likeness (QED) is 0.843. The van der Waals surface area contributed by atoms with E-state index in [1.54, 1.807) is 18.2 Å². The molecule has 1 aromatic rings. The lowest BCUT2D eigenvalue weighted by molar-refractivity contribution is -0.136. The van der Waals surface area contributed by atoms with Crippen LogP contribution in [0.1, 0.15) is 18.9 Å². The first kappa shape index (κ1) is 17.4. The third kappa shape index (κ3) is 4.75. The molecule has 0 bridgehead atoms. The molecule has 1 aliphatic heterocycles. The fraction of sp³-hybridized carbons (Fsp3) is 0.467. The third-order valence-electron chi connectivity index (χ3n) is 3.80. The maximum Gasteiger partial charge on any atom is 0.239 e. The van der Waals surface area contributed by atoms with Gasteiger partial charge in [0, 0.05) is 25.1 Å². The van der Waals surface area contributed by atoms with Crippen LogP contribution < -0.4 is 5.32 Å². The number of halogens is 1. The second-order valence-corrected chi connectivity index (χ2v) is 7.80. The zero-order valence-corrected chi connectivity index (χ0v) is 13.6. The topological polar surface area (TPSA) is 83.6 Å². The van der Waals surface area contributed by atoms with E-state index in [1.807, 2.05) is 0 Å². The monoisotopic (exact) mass is 342 g/mol. The Kier molecular flexibility index (Phi) is 5.35. The van der Waals surface area contributed by atoms with Crippen molar-refractivity contribution in [3.63, 3.8) is 0 Å². The third-order valence-corrected chi connectivity index (χ3v) is 5.55. The molecule has 0 aliphatic carbocycles. The number of hydrogen-bond donors (Lipinski definition) is 1. The molecule has 1 aromatic carbocycles. The van der Waals surface area contributed by atoms with Crippen molar-refractivity contribution in [2.24, 2.45) is 0 Å². The Morgan fingerprint density at radius 2 is 2.04 bits per heavy atom. The lowest BCUT2D eigenvalue weighted by atomic mass is 10.2. The summed E-state index contributed by atoms with van der Waals surface area (Å²) < 4.78 is 36.5. The maximum absolute atomic E-state index is 13.5. The number of amides is 2. The summed E-state index contributed by atoms with van der Waals surface area (Å²) in [7, 11) is -3.15. The van der Waals surface area contributed by atoms with Crippen molar-refractivity contribution in [3.8, 4) is 0 Å². The average Bonchev–Trinajstić information content (AvgIpc) is 2.83. The smallest absolute Gasteiger partial charge is 0.239 e. The summed E-state index contributed by atoms with van der Waals surface area (Å²) in [6, 6.07) is 5.60. The molecular weight excluding hydrogens is 323 g/mol. The Hall–Kier alpha value is -1.96. The van der Waals surface area contributed by atoms with Gasteiger partial charge in [-0.25, -0.2) is 12.8 Å². The highest BCUT2D eigenvalue weighted by Crippen LogP contribution is 2.17.